The van der Waals surface area contributed by atoms with Gasteiger partial charge in [0.2, 0.25) is 0 Å². The minimum Gasteiger partial charge on any atom is -0.0659 e. The number of thioether (sulfide) groups is 1. The molecule has 0 nitrogen and oxygen atoms in total. The Morgan fingerprint density at radius 1 is 0.900 bits per heavy atom. The fourth-order valence-electron chi connectivity index (χ4n) is 2.14. The molecule has 3 aromatic rings. The molecule has 0 N–H and O–H groups in total. The second-order valence-electron chi connectivity index (χ2n) is 4.59. The van der Waals surface area contributed by atoms with Gasteiger partial charge in [0.15, 0.2) is 10.3 Å². The van der Waals surface area contributed by atoms with Crippen LogP contribution in [0.4, 0.5) is 0 Å². The molecule has 3 rings (SSSR count). The van der Waals surface area contributed by atoms with E-state index < -0.39 is 0 Å². The van der Waals surface area contributed by atoms with Crippen molar-refractivity contribution in [1.82, 2.24) is 0 Å². The number of benzene rings is 2. The van der Waals surface area contributed by atoms with Crippen molar-refractivity contribution in [2.75, 3.05) is 6.26 Å². The molecule has 0 saturated carbocycles. The molecule has 0 bridgehead atoms. The van der Waals surface area contributed by atoms with Crippen molar-refractivity contribution in [2.45, 2.75) is 11.1 Å². The summed E-state index contributed by atoms with van der Waals surface area (Å²) in [6, 6.07) is 19.5. The second-order valence-corrected chi connectivity index (χ2v) is 7.82. The largest absolute Gasteiger partial charge is 0.308 e. The van der Waals surface area contributed by atoms with E-state index in [9.17, 15) is 0 Å². The van der Waals surface area contributed by atoms with Gasteiger partial charge in [-0.1, -0.05) is 71.9 Å². The highest BCUT2D eigenvalue weighted by Crippen LogP contribution is 2.47. The van der Waals surface area contributed by atoms with Crippen molar-refractivity contribution in [3.63, 3.8) is 0 Å². The number of rotatable bonds is 3. The predicted octanol–water partition coefficient (Wildman–Crippen LogP) is 6.46. The van der Waals surface area contributed by atoms with E-state index in [1.54, 1.807) is 0 Å². The molecular weight excluding hydrogens is 300 g/mol. The van der Waals surface area contributed by atoms with Gasteiger partial charge in [-0.15, -0.1) is 0 Å². The third-order valence-electron chi connectivity index (χ3n) is 3.19. The van der Waals surface area contributed by atoms with Gasteiger partial charge in [-0.25, -0.2) is 0 Å². The van der Waals surface area contributed by atoms with Gasteiger partial charge in [0.05, 0.1) is 5.56 Å². The summed E-state index contributed by atoms with van der Waals surface area (Å²) < 4.78 is 1.40. The molecule has 1 aromatic heterocycles. The fourth-order valence-corrected chi connectivity index (χ4v) is 6.15. The molecule has 0 unspecified atom stereocenters. The second kappa shape index (κ2) is 6.08. The summed E-state index contributed by atoms with van der Waals surface area (Å²) >= 11 is 1.84. The van der Waals surface area contributed by atoms with Crippen LogP contribution in [0.1, 0.15) is 5.56 Å². The molecule has 2 aromatic carbocycles. The number of aryl methyl sites for hydroxylation is 1. The molecule has 3 heteroatoms. The van der Waals surface area contributed by atoms with Crippen molar-refractivity contribution < 1.29 is 0 Å². The van der Waals surface area contributed by atoms with E-state index in [-0.39, 0.29) is 0 Å². The number of hydrogen-bond acceptors (Lipinski definition) is 2. The first kappa shape index (κ1) is 13.8. The standard InChI is InChI=1S/C17H15S3/c1-12-8-10-14(11-9-12)16-15(17(18-2)20-19-16)13-6-4-3-5-7-13/h3-11H,1-2H3/q+1. The van der Waals surface area contributed by atoms with E-state index in [2.05, 4.69) is 67.8 Å². The van der Waals surface area contributed by atoms with Gasteiger partial charge in [-0.2, -0.15) is 0 Å². The Labute approximate surface area is 131 Å². The summed E-state index contributed by atoms with van der Waals surface area (Å²) in [4.78, 5) is 1.38. The molecule has 0 aliphatic carbocycles. The van der Waals surface area contributed by atoms with Gasteiger partial charge in [0, 0.05) is 0 Å². The zero-order chi connectivity index (χ0) is 13.9. The Morgan fingerprint density at radius 2 is 1.60 bits per heavy atom. The van der Waals surface area contributed by atoms with E-state index in [0.717, 1.165) is 0 Å². The van der Waals surface area contributed by atoms with Crippen LogP contribution >= 0.6 is 32.4 Å². The van der Waals surface area contributed by atoms with E-state index >= 15 is 0 Å². The van der Waals surface area contributed by atoms with Crippen molar-refractivity contribution in [2.24, 2.45) is 0 Å². The lowest BCUT2D eigenvalue weighted by Gasteiger charge is -2.02. The molecule has 20 heavy (non-hydrogen) atoms. The molecule has 0 saturated heterocycles. The molecule has 100 valence electrons. The molecule has 0 aliphatic rings. The zero-order valence-electron chi connectivity index (χ0n) is 11.4. The average molecular weight is 316 g/mol. The minimum absolute atomic E-state index is 1.31. The van der Waals surface area contributed by atoms with Crippen LogP contribution in [-0.2, 0) is 0 Å². The number of hydrogen-bond donors (Lipinski definition) is 0. The van der Waals surface area contributed by atoms with E-state index in [0.29, 0.717) is 0 Å². The summed E-state index contributed by atoms with van der Waals surface area (Å²) in [5, 5.41) is 0. The summed E-state index contributed by atoms with van der Waals surface area (Å²) in [6.07, 6.45) is 2.16. The van der Waals surface area contributed by atoms with Crippen molar-refractivity contribution in [3.8, 4) is 21.6 Å². The zero-order valence-corrected chi connectivity index (χ0v) is 13.9. The molecule has 0 atom stereocenters. The van der Waals surface area contributed by atoms with E-state index in [1.165, 1.54) is 31.3 Å². The Balaban J connectivity index is 2.17. The van der Waals surface area contributed by atoms with Crippen LogP contribution in [0.5, 0.6) is 0 Å². The molecule has 0 fully saturated rings. The molecule has 1 heterocycles. The van der Waals surface area contributed by atoms with Crippen molar-refractivity contribution >= 4 is 32.4 Å². The summed E-state index contributed by atoms with van der Waals surface area (Å²) in [5.41, 5.74) is 5.32. The molecule has 0 radical (unpaired) electrons. The van der Waals surface area contributed by atoms with Gasteiger partial charge in [-0.05, 0) is 24.3 Å². The topological polar surface area (TPSA) is 0 Å². The maximum Gasteiger partial charge on any atom is 0.308 e. The van der Waals surface area contributed by atoms with Gasteiger partial charge in [-0.3, -0.25) is 0 Å². The third kappa shape index (κ3) is 2.66. The van der Waals surface area contributed by atoms with Crippen LogP contribution in [0.2, 0.25) is 0 Å². The van der Waals surface area contributed by atoms with Gasteiger partial charge in [0.25, 0.3) is 4.21 Å². The summed E-state index contributed by atoms with van der Waals surface area (Å²) in [7, 11) is 3.75. The van der Waals surface area contributed by atoms with Gasteiger partial charge >= 0.3 is 10.3 Å². The van der Waals surface area contributed by atoms with E-state index in [1.807, 2.05) is 32.4 Å². The Morgan fingerprint density at radius 3 is 2.25 bits per heavy atom. The van der Waals surface area contributed by atoms with E-state index in [4.69, 9.17) is 0 Å². The van der Waals surface area contributed by atoms with Crippen LogP contribution in [0, 0.1) is 6.92 Å². The summed E-state index contributed by atoms with van der Waals surface area (Å²) in [6.45, 7) is 2.13. The Hall–Kier alpha value is -1.16. The fraction of sp³-hybridized carbons (Fsp3) is 0.118. The SMILES string of the molecule is CSc1[s+]sc(-c2ccc(C)cc2)c1-c1ccccc1. The van der Waals surface area contributed by atoms with Gasteiger partial charge in [0.1, 0.15) is 4.88 Å². The highest BCUT2D eigenvalue weighted by molar-refractivity contribution is 8.02. The first-order chi connectivity index (χ1) is 9.79. The van der Waals surface area contributed by atoms with Crippen LogP contribution in [0.15, 0.2) is 58.8 Å². The van der Waals surface area contributed by atoms with Crippen LogP contribution in [0.3, 0.4) is 0 Å². The molecule has 0 amide bonds. The lowest BCUT2D eigenvalue weighted by molar-refractivity contribution is 1.47. The van der Waals surface area contributed by atoms with Crippen LogP contribution in [0.25, 0.3) is 21.6 Å². The maximum absolute atomic E-state index is 2.23. The Bertz CT molecular complexity index is 697. The lowest BCUT2D eigenvalue weighted by Crippen LogP contribution is -1.81. The highest BCUT2D eigenvalue weighted by atomic mass is 32.9. The monoisotopic (exact) mass is 315 g/mol. The van der Waals surface area contributed by atoms with Gasteiger partial charge < -0.3 is 0 Å². The first-order valence-corrected chi connectivity index (χ1v) is 9.79. The Kier molecular flexibility index (Phi) is 4.20. The lowest BCUT2D eigenvalue weighted by atomic mass is 10.0. The van der Waals surface area contributed by atoms with Crippen molar-refractivity contribution in [3.05, 3.63) is 60.2 Å². The highest BCUT2D eigenvalue weighted by Gasteiger charge is 2.25. The quantitative estimate of drug-likeness (QED) is 0.304. The smallest absolute Gasteiger partial charge is 0.0659 e. The average Bonchev–Trinajstić information content (AvgIpc) is 2.93. The molecular formula is C17H15S3+. The molecule has 0 spiro atoms. The molecule has 0 aliphatic heterocycles. The van der Waals surface area contributed by atoms with Crippen LogP contribution < -0.4 is 0 Å². The van der Waals surface area contributed by atoms with Crippen LogP contribution in [-0.4, -0.2) is 6.26 Å². The third-order valence-corrected chi connectivity index (χ3v) is 7.13. The predicted molar refractivity (Wildman–Crippen MR) is 94.0 cm³/mol. The van der Waals surface area contributed by atoms with Crippen molar-refractivity contribution in [1.29, 1.82) is 0 Å². The minimum atomic E-state index is 1.31. The summed E-state index contributed by atoms with van der Waals surface area (Å²) in [5.74, 6) is 0. The first-order valence-electron chi connectivity index (χ1n) is 6.42. The maximum atomic E-state index is 2.23. The normalized spacial score (nSPS) is 10.7.